The molecule has 2 aromatic carbocycles. The number of hydrogen-bond acceptors (Lipinski definition) is 9. The molecule has 0 unspecified atom stereocenters. The van der Waals surface area contributed by atoms with Gasteiger partial charge in [0.15, 0.2) is 5.13 Å². The number of nitrogens with zero attached hydrogens (tertiary/aromatic N) is 5. The van der Waals surface area contributed by atoms with Crippen LogP contribution in [0.15, 0.2) is 60.0 Å². The van der Waals surface area contributed by atoms with Crippen LogP contribution in [0.4, 0.5) is 16.5 Å². The topological polar surface area (TPSA) is 107 Å². The summed E-state index contributed by atoms with van der Waals surface area (Å²) in [6.07, 6.45) is 0. The van der Waals surface area contributed by atoms with E-state index < -0.39 is 0 Å². The van der Waals surface area contributed by atoms with Gasteiger partial charge in [0.2, 0.25) is 5.91 Å². The minimum absolute atomic E-state index is 0.224. The van der Waals surface area contributed by atoms with Crippen molar-refractivity contribution in [2.75, 3.05) is 81.2 Å². The molecule has 0 radical (unpaired) electrons. The molecule has 10 nitrogen and oxygen atoms in total. The zero-order valence-corrected chi connectivity index (χ0v) is 23.7. The van der Waals surface area contributed by atoms with Crippen molar-refractivity contribution in [1.82, 2.24) is 14.8 Å². The van der Waals surface area contributed by atoms with Gasteiger partial charge in [0, 0.05) is 64.8 Å². The molecule has 0 bridgehead atoms. The van der Waals surface area contributed by atoms with Crippen LogP contribution in [0.25, 0.3) is 0 Å². The Kier molecular flexibility index (Phi) is 9.27. The fourth-order valence-corrected chi connectivity index (χ4v) is 6.21. The first-order chi connectivity index (χ1) is 19.5. The molecule has 3 aromatic rings. The Labute approximate surface area is 239 Å². The van der Waals surface area contributed by atoms with Gasteiger partial charge < -0.3 is 25.6 Å². The molecule has 2 aliphatic rings. The van der Waals surface area contributed by atoms with E-state index in [9.17, 15) is 9.59 Å². The van der Waals surface area contributed by atoms with Gasteiger partial charge in [-0.05, 0) is 17.7 Å². The number of rotatable bonds is 10. The summed E-state index contributed by atoms with van der Waals surface area (Å²) in [5.41, 5.74) is 8.76. The fraction of sp³-hybridized carbons (Fsp3) is 0.414. The monoisotopic (exact) mass is 563 g/mol. The average Bonchev–Trinajstić information content (AvgIpc) is 3.46. The fourth-order valence-electron chi connectivity index (χ4n) is 5.37. The van der Waals surface area contributed by atoms with Crippen molar-refractivity contribution in [3.8, 4) is 0 Å². The molecule has 0 spiro atoms. The van der Waals surface area contributed by atoms with Crippen molar-refractivity contribution in [3.63, 3.8) is 0 Å². The predicted octanol–water partition coefficient (Wildman–Crippen LogP) is 2.34. The van der Waals surface area contributed by atoms with Gasteiger partial charge in [-0.15, -0.1) is 11.3 Å². The summed E-state index contributed by atoms with van der Waals surface area (Å²) in [5, 5.41) is 5.76. The van der Waals surface area contributed by atoms with Gasteiger partial charge in [0.25, 0.3) is 5.91 Å². The first-order valence-electron chi connectivity index (χ1n) is 13.6. The van der Waals surface area contributed by atoms with Crippen LogP contribution >= 0.6 is 11.3 Å². The van der Waals surface area contributed by atoms with E-state index in [1.807, 2.05) is 35.7 Å². The lowest BCUT2D eigenvalue weighted by atomic mass is 10.1. The summed E-state index contributed by atoms with van der Waals surface area (Å²) in [4.78, 5) is 38.2. The van der Waals surface area contributed by atoms with Crippen LogP contribution < -0.4 is 20.9 Å². The Hall–Kier alpha value is -3.51. The SMILES string of the molecule is COC[C@@H]1CN(c2nc(C(=O)Nc3ccccc3N3CCN(CC(N)=O)CC3)cs2)CCN1Cc1ccccc1. The third-order valence-corrected chi connectivity index (χ3v) is 8.33. The molecule has 3 N–H and O–H groups in total. The third kappa shape index (κ3) is 6.97. The second-order valence-electron chi connectivity index (χ2n) is 10.2. The molecule has 2 amide bonds. The number of carbonyl (C=O) groups is 2. The molecule has 1 aromatic heterocycles. The van der Waals surface area contributed by atoms with E-state index in [0.29, 0.717) is 12.3 Å². The largest absolute Gasteiger partial charge is 0.383 e. The molecule has 0 aliphatic carbocycles. The zero-order valence-electron chi connectivity index (χ0n) is 22.9. The maximum atomic E-state index is 13.2. The maximum Gasteiger partial charge on any atom is 0.275 e. The van der Waals surface area contributed by atoms with E-state index in [0.717, 1.165) is 68.9 Å². The number of hydrogen-bond donors (Lipinski definition) is 2. The molecular formula is C29H37N7O3S. The van der Waals surface area contributed by atoms with Crippen LogP contribution in [0.1, 0.15) is 16.1 Å². The molecule has 1 atom stereocenters. The molecular weight excluding hydrogens is 526 g/mol. The van der Waals surface area contributed by atoms with Crippen molar-refractivity contribution >= 4 is 39.7 Å². The Morgan fingerprint density at radius 2 is 1.73 bits per heavy atom. The van der Waals surface area contributed by atoms with Gasteiger partial charge in [-0.1, -0.05) is 42.5 Å². The standard InChI is InChI=1S/C29H37N7O3S/c1-39-20-23-18-36(16-15-35(23)17-22-7-3-2-4-8-22)29-32-25(21-40-29)28(38)31-24-9-5-6-10-26(24)34-13-11-33(12-14-34)19-27(30)37/h2-10,21,23H,11-20H2,1H3,(H2,30,37)(H,31,38)/t23-/m0/s1. The molecule has 3 heterocycles. The minimum atomic E-state index is -0.313. The highest BCUT2D eigenvalue weighted by Crippen LogP contribution is 2.29. The molecule has 0 saturated carbocycles. The van der Waals surface area contributed by atoms with Crippen LogP contribution in [0.3, 0.4) is 0 Å². The number of primary amides is 1. The van der Waals surface area contributed by atoms with Crippen LogP contribution in [0.5, 0.6) is 0 Å². The van der Waals surface area contributed by atoms with Gasteiger partial charge in [-0.25, -0.2) is 4.98 Å². The lowest BCUT2D eigenvalue weighted by Crippen LogP contribution is -2.54. The van der Waals surface area contributed by atoms with Gasteiger partial charge >= 0.3 is 0 Å². The minimum Gasteiger partial charge on any atom is -0.383 e. The number of thiazole rings is 1. The molecule has 2 saturated heterocycles. The number of nitrogens with one attached hydrogen (secondary N) is 1. The second-order valence-corrected chi connectivity index (χ2v) is 11.1. The molecule has 5 rings (SSSR count). The number of amides is 2. The summed E-state index contributed by atoms with van der Waals surface area (Å²) >= 11 is 1.50. The lowest BCUT2D eigenvalue weighted by Gasteiger charge is -2.41. The number of para-hydroxylation sites is 2. The van der Waals surface area contributed by atoms with E-state index in [4.69, 9.17) is 15.5 Å². The van der Waals surface area contributed by atoms with Crippen molar-refractivity contribution in [3.05, 3.63) is 71.2 Å². The quantitative estimate of drug-likeness (QED) is 0.387. The van der Waals surface area contributed by atoms with Crippen molar-refractivity contribution in [2.45, 2.75) is 12.6 Å². The van der Waals surface area contributed by atoms with E-state index in [2.05, 4.69) is 49.2 Å². The number of benzene rings is 2. The van der Waals surface area contributed by atoms with Gasteiger partial charge in [-0.2, -0.15) is 0 Å². The first kappa shape index (κ1) is 28.0. The summed E-state index contributed by atoms with van der Waals surface area (Å²) in [6, 6.07) is 18.5. The van der Waals surface area contributed by atoms with E-state index in [-0.39, 0.29) is 24.4 Å². The number of anilines is 3. The highest BCUT2D eigenvalue weighted by Gasteiger charge is 2.29. The zero-order chi connectivity index (χ0) is 27.9. The normalized spacial score (nSPS) is 18.6. The maximum absolute atomic E-state index is 13.2. The van der Waals surface area contributed by atoms with Crippen LogP contribution in [-0.2, 0) is 16.1 Å². The number of piperazine rings is 2. The number of aromatic nitrogens is 1. The summed E-state index contributed by atoms with van der Waals surface area (Å²) in [7, 11) is 1.74. The lowest BCUT2D eigenvalue weighted by molar-refractivity contribution is -0.119. The summed E-state index contributed by atoms with van der Waals surface area (Å²) in [5.74, 6) is -0.537. The molecule has 212 valence electrons. The van der Waals surface area contributed by atoms with Crippen molar-refractivity contribution < 1.29 is 14.3 Å². The van der Waals surface area contributed by atoms with E-state index >= 15 is 0 Å². The summed E-state index contributed by atoms with van der Waals surface area (Å²) < 4.78 is 5.55. The Morgan fingerprint density at radius 3 is 2.48 bits per heavy atom. The number of carbonyl (C=O) groups excluding carboxylic acids is 2. The van der Waals surface area contributed by atoms with Crippen molar-refractivity contribution in [1.29, 1.82) is 0 Å². The van der Waals surface area contributed by atoms with Crippen LogP contribution in [0.2, 0.25) is 0 Å². The van der Waals surface area contributed by atoms with Crippen molar-refractivity contribution in [2.24, 2.45) is 5.73 Å². The Bertz CT molecular complexity index is 1280. The highest BCUT2D eigenvalue weighted by molar-refractivity contribution is 7.14. The number of ether oxygens (including phenoxy) is 1. The first-order valence-corrected chi connectivity index (χ1v) is 14.5. The molecule has 11 heteroatoms. The van der Waals surface area contributed by atoms with Crippen LogP contribution in [-0.4, -0.2) is 98.7 Å². The molecule has 2 fully saturated rings. The van der Waals surface area contributed by atoms with Gasteiger partial charge in [-0.3, -0.25) is 19.4 Å². The number of nitrogens with two attached hydrogens (primary N) is 1. The predicted molar refractivity (Wildman–Crippen MR) is 159 cm³/mol. The van der Waals surface area contributed by atoms with Gasteiger partial charge in [0.1, 0.15) is 5.69 Å². The molecule has 40 heavy (non-hydrogen) atoms. The second kappa shape index (κ2) is 13.2. The van der Waals surface area contributed by atoms with E-state index in [1.165, 1.54) is 16.9 Å². The average molecular weight is 564 g/mol. The summed E-state index contributed by atoms with van der Waals surface area (Å²) in [6.45, 7) is 7.29. The third-order valence-electron chi connectivity index (χ3n) is 7.43. The molecule has 2 aliphatic heterocycles. The number of methoxy groups -OCH3 is 1. The van der Waals surface area contributed by atoms with E-state index in [1.54, 1.807) is 7.11 Å². The van der Waals surface area contributed by atoms with Gasteiger partial charge in [0.05, 0.1) is 30.6 Å². The smallest absolute Gasteiger partial charge is 0.275 e. The Morgan fingerprint density at radius 1 is 1.00 bits per heavy atom. The Balaban J connectivity index is 1.21. The highest BCUT2D eigenvalue weighted by atomic mass is 32.1. The van der Waals surface area contributed by atoms with Crippen LogP contribution in [0, 0.1) is 0 Å².